The summed E-state index contributed by atoms with van der Waals surface area (Å²) >= 11 is 0. The van der Waals surface area contributed by atoms with Gasteiger partial charge in [-0.2, -0.15) is 0 Å². The summed E-state index contributed by atoms with van der Waals surface area (Å²) in [5.41, 5.74) is 2.96. The molecule has 7 nitrogen and oxygen atoms in total. The van der Waals surface area contributed by atoms with Crippen molar-refractivity contribution in [3.05, 3.63) is 34.6 Å². The van der Waals surface area contributed by atoms with E-state index in [-0.39, 0.29) is 40.1 Å². The molecule has 1 aliphatic carbocycles. The molecule has 1 aromatic rings. The highest BCUT2D eigenvalue weighted by Crippen LogP contribution is 2.68. The number of fused-ring (bicyclic) bond motifs is 2. The second-order valence-electron chi connectivity index (χ2n) is 9.85. The number of amides is 1. The molecule has 0 aromatic heterocycles. The molecule has 1 spiro atoms. The smallest absolute Gasteiger partial charge is 0.229 e. The molecule has 3 saturated heterocycles. The molecule has 7 atom stereocenters. The largest absolute Gasteiger partial charge is 0.632 e. The highest BCUT2D eigenvalue weighted by atomic mass is 16.6. The molecule has 7 heteroatoms. The Kier molecular flexibility index (Phi) is 3.16. The maximum absolute atomic E-state index is 14.1. The number of carbonyl (C=O) groups is 1. The molecule has 1 amide bonds. The fraction of sp³-hybridized carbons (Fsp3) is 0.609. The molecular weight excluding hydrogens is 384 g/mol. The normalized spacial score (nSPS) is 44.4. The van der Waals surface area contributed by atoms with E-state index < -0.39 is 0 Å². The molecular formula is C23H26N2O5. The first-order valence-electron chi connectivity index (χ1n) is 11.0. The van der Waals surface area contributed by atoms with Crippen molar-refractivity contribution in [3.63, 3.8) is 0 Å². The minimum absolute atomic E-state index is 0.0185. The fourth-order valence-electron chi connectivity index (χ4n) is 8.13. The number of ether oxygens (including phenoxy) is 3. The van der Waals surface area contributed by atoms with Crippen LogP contribution in [0.15, 0.2) is 23.8 Å². The lowest BCUT2D eigenvalue weighted by Crippen LogP contribution is -2.71. The van der Waals surface area contributed by atoms with Gasteiger partial charge in [-0.05, 0) is 23.1 Å². The van der Waals surface area contributed by atoms with Crippen molar-refractivity contribution in [1.82, 2.24) is 0 Å². The van der Waals surface area contributed by atoms with Crippen LogP contribution in [-0.2, 0) is 14.9 Å². The zero-order chi connectivity index (χ0) is 20.4. The van der Waals surface area contributed by atoms with Gasteiger partial charge in [0.15, 0.2) is 11.5 Å². The molecule has 0 radical (unpaired) electrons. The zero-order valence-corrected chi connectivity index (χ0v) is 17.3. The van der Waals surface area contributed by atoms with Crippen LogP contribution in [-0.4, -0.2) is 62.7 Å². The van der Waals surface area contributed by atoms with E-state index in [0.717, 1.165) is 24.1 Å². The van der Waals surface area contributed by atoms with E-state index >= 15 is 0 Å². The maximum Gasteiger partial charge on any atom is 0.229 e. The lowest BCUT2D eigenvalue weighted by Gasteiger charge is -2.61. The third-order valence-corrected chi connectivity index (χ3v) is 9.10. The van der Waals surface area contributed by atoms with E-state index in [1.54, 1.807) is 14.2 Å². The fourth-order valence-corrected chi connectivity index (χ4v) is 8.13. The van der Waals surface area contributed by atoms with Crippen LogP contribution in [0.5, 0.6) is 11.5 Å². The van der Waals surface area contributed by atoms with Gasteiger partial charge in [0, 0.05) is 24.8 Å². The zero-order valence-electron chi connectivity index (χ0n) is 17.3. The summed E-state index contributed by atoms with van der Waals surface area (Å²) in [6.07, 6.45) is 4.18. The Morgan fingerprint density at radius 3 is 2.87 bits per heavy atom. The SMILES string of the molecule is COc1cc2c(cc1OC)[C@@]13CC[N+]4([O-])CC5=CCO[C@@H]6CC(=O)N2[C@@H]1[C@@H]6[C@H]5C[C@H]34. The van der Waals surface area contributed by atoms with Crippen molar-refractivity contribution < 1.29 is 23.7 Å². The molecule has 1 saturated carbocycles. The summed E-state index contributed by atoms with van der Waals surface area (Å²) in [6, 6.07) is 3.96. The number of rotatable bonds is 2. The number of methoxy groups -OCH3 is 2. The van der Waals surface area contributed by atoms with Gasteiger partial charge in [-0.1, -0.05) is 6.08 Å². The molecule has 5 heterocycles. The van der Waals surface area contributed by atoms with Crippen LogP contribution >= 0.6 is 0 Å². The second-order valence-corrected chi connectivity index (χ2v) is 9.85. The summed E-state index contributed by atoms with van der Waals surface area (Å²) in [6.45, 7) is 1.70. The van der Waals surface area contributed by atoms with Crippen LogP contribution in [0.1, 0.15) is 24.8 Å². The molecule has 0 N–H and O–H groups in total. The number of anilines is 1. The Morgan fingerprint density at radius 2 is 2.07 bits per heavy atom. The van der Waals surface area contributed by atoms with Gasteiger partial charge in [-0.3, -0.25) is 4.79 Å². The quantitative estimate of drug-likeness (QED) is 0.424. The van der Waals surface area contributed by atoms with Gasteiger partial charge in [-0.25, -0.2) is 0 Å². The summed E-state index contributed by atoms with van der Waals surface area (Å²) in [5, 5.41) is 14.1. The monoisotopic (exact) mass is 410 g/mol. The number of hydrogen-bond acceptors (Lipinski definition) is 5. The third-order valence-electron chi connectivity index (χ3n) is 9.10. The van der Waals surface area contributed by atoms with Gasteiger partial charge in [0.2, 0.25) is 5.91 Å². The number of hydroxylamine groups is 3. The van der Waals surface area contributed by atoms with E-state index in [4.69, 9.17) is 14.2 Å². The Morgan fingerprint density at radius 1 is 1.27 bits per heavy atom. The maximum atomic E-state index is 14.1. The minimum Gasteiger partial charge on any atom is -0.632 e. The Labute approximate surface area is 175 Å². The molecule has 6 aliphatic rings. The standard InChI is InChI=1S/C23H26N2O5/c1-28-16-8-14-15(9-17(16)29-2)24-20(26)10-18-21-13-7-19-23(14,22(21)24)4-5-25(19,27)11-12(13)3-6-30-18/h3,8-9,13,18-19,21-22H,4-7,10-11H2,1-2H3/t13-,18+,19+,21+,22+,23+,25?/m0/s1. The molecule has 30 heavy (non-hydrogen) atoms. The highest BCUT2D eigenvalue weighted by molar-refractivity contribution is 5.99. The van der Waals surface area contributed by atoms with Crippen molar-refractivity contribution in [2.45, 2.75) is 42.9 Å². The van der Waals surface area contributed by atoms with E-state index in [9.17, 15) is 10.0 Å². The van der Waals surface area contributed by atoms with Gasteiger partial charge in [0.05, 0.1) is 57.0 Å². The number of hydrogen-bond donors (Lipinski definition) is 0. The predicted molar refractivity (Wildman–Crippen MR) is 108 cm³/mol. The molecule has 2 bridgehead atoms. The van der Waals surface area contributed by atoms with Crippen LogP contribution in [0.4, 0.5) is 5.69 Å². The number of nitrogens with zero attached hydrogens (tertiary/aromatic N) is 2. The van der Waals surface area contributed by atoms with Crippen LogP contribution in [0, 0.1) is 17.0 Å². The average Bonchev–Trinajstić information content (AvgIpc) is 3.15. The first-order valence-corrected chi connectivity index (χ1v) is 11.0. The van der Waals surface area contributed by atoms with Gasteiger partial charge in [0.25, 0.3) is 0 Å². The van der Waals surface area contributed by atoms with Crippen molar-refractivity contribution >= 4 is 11.6 Å². The first kappa shape index (κ1) is 17.6. The second kappa shape index (κ2) is 5.39. The summed E-state index contributed by atoms with van der Waals surface area (Å²) in [5.74, 6) is 1.98. The van der Waals surface area contributed by atoms with Gasteiger partial charge in [-0.15, -0.1) is 0 Å². The lowest BCUT2D eigenvalue weighted by molar-refractivity contribution is -0.896. The summed E-state index contributed by atoms with van der Waals surface area (Å²) < 4.78 is 17.3. The predicted octanol–water partition coefficient (Wildman–Crippen LogP) is 2.12. The third kappa shape index (κ3) is 1.75. The lowest BCUT2D eigenvalue weighted by atomic mass is 9.53. The number of quaternary nitrogens is 1. The van der Waals surface area contributed by atoms with E-state index in [1.165, 1.54) is 5.57 Å². The molecule has 4 fully saturated rings. The molecule has 7 rings (SSSR count). The van der Waals surface area contributed by atoms with Gasteiger partial charge in [0.1, 0.15) is 12.6 Å². The first-order chi connectivity index (χ1) is 14.5. The molecule has 1 unspecified atom stereocenters. The number of piperidine rings is 2. The Bertz CT molecular complexity index is 1020. The van der Waals surface area contributed by atoms with E-state index in [1.807, 2.05) is 17.0 Å². The van der Waals surface area contributed by atoms with Crippen LogP contribution in [0.3, 0.4) is 0 Å². The van der Waals surface area contributed by atoms with Gasteiger partial charge >= 0.3 is 0 Å². The topological polar surface area (TPSA) is 71.1 Å². The Hall–Kier alpha value is -2.09. The van der Waals surface area contributed by atoms with Crippen LogP contribution in [0.25, 0.3) is 0 Å². The average molecular weight is 410 g/mol. The summed E-state index contributed by atoms with van der Waals surface area (Å²) in [7, 11) is 3.26. The van der Waals surface area contributed by atoms with Crippen LogP contribution < -0.4 is 14.4 Å². The van der Waals surface area contributed by atoms with Crippen molar-refractivity contribution in [3.8, 4) is 11.5 Å². The molecule has 158 valence electrons. The number of carbonyl (C=O) groups excluding carboxylic acids is 1. The highest BCUT2D eigenvalue weighted by Gasteiger charge is 2.74. The molecule has 1 aromatic carbocycles. The summed E-state index contributed by atoms with van der Waals surface area (Å²) in [4.78, 5) is 15.5. The Balaban J connectivity index is 1.54. The number of benzene rings is 1. The van der Waals surface area contributed by atoms with E-state index in [2.05, 4.69) is 6.08 Å². The molecule has 5 aliphatic heterocycles. The van der Waals surface area contributed by atoms with Crippen LogP contribution in [0.2, 0.25) is 0 Å². The van der Waals surface area contributed by atoms with E-state index in [0.29, 0.717) is 43.5 Å². The van der Waals surface area contributed by atoms with Crippen molar-refractivity contribution in [2.75, 3.05) is 38.8 Å². The van der Waals surface area contributed by atoms with Crippen molar-refractivity contribution in [1.29, 1.82) is 0 Å². The minimum atomic E-state index is -0.328. The van der Waals surface area contributed by atoms with Crippen molar-refractivity contribution in [2.24, 2.45) is 11.8 Å². The van der Waals surface area contributed by atoms with Gasteiger partial charge < -0.3 is 29.0 Å².